The monoisotopic (exact) mass is 569 g/mol. The van der Waals surface area contributed by atoms with Crippen LogP contribution >= 0.6 is 0 Å². The Balaban J connectivity index is 0.00000226. The molecule has 2 heterocycles. The van der Waals surface area contributed by atoms with Gasteiger partial charge in [-0.25, -0.2) is 4.79 Å². The average molecular weight is 570 g/mol. The summed E-state index contributed by atoms with van der Waals surface area (Å²) in [4.78, 5) is 23.8. The van der Waals surface area contributed by atoms with Crippen LogP contribution in [0.5, 0.6) is 17.2 Å². The van der Waals surface area contributed by atoms with Crippen molar-refractivity contribution in [3.63, 3.8) is 0 Å². The summed E-state index contributed by atoms with van der Waals surface area (Å²) in [5, 5.41) is 4.31. The smallest absolute Gasteiger partial charge is 0.338 e. The van der Waals surface area contributed by atoms with Gasteiger partial charge in [-0.05, 0) is 62.9 Å². The lowest BCUT2D eigenvalue weighted by Gasteiger charge is -2.23. The number of esters is 1. The second-order valence-electron chi connectivity index (χ2n) is 9.89. The van der Waals surface area contributed by atoms with Crippen molar-refractivity contribution in [3.8, 4) is 17.2 Å². The third-order valence-corrected chi connectivity index (χ3v) is 7.12. The first-order valence-electron chi connectivity index (χ1n) is 14.9. The van der Waals surface area contributed by atoms with Crippen LogP contribution in [0.2, 0.25) is 0 Å². The van der Waals surface area contributed by atoms with Crippen LogP contribution in [0.1, 0.15) is 61.9 Å². The molecule has 0 saturated carbocycles. The van der Waals surface area contributed by atoms with E-state index in [0.717, 1.165) is 76.9 Å². The van der Waals surface area contributed by atoms with Crippen molar-refractivity contribution < 1.29 is 28.6 Å². The Morgan fingerprint density at radius 1 is 0.829 bits per heavy atom. The van der Waals surface area contributed by atoms with Gasteiger partial charge >= 0.3 is 5.97 Å². The number of methoxy groups -OCH3 is 2. The lowest BCUT2D eigenvalue weighted by molar-refractivity contribution is 0.0363. The zero-order valence-corrected chi connectivity index (χ0v) is 25.2. The van der Waals surface area contributed by atoms with E-state index in [1.54, 1.807) is 25.5 Å². The molecule has 9 heteroatoms. The molecule has 4 rings (SSSR count). The fraction of sp³-hybridized carbons (Fsp3) is 0.562. The first-order valence-corrected chi connectivity index (χ1v) is 14.9. The molecule has 0 radical (unpaired) electrons. The summed E-state index contributed by atoms with van der Waals surface area (Å²) in [5.41, 5.74) is 1.38. The number of carbonyl (C=O) groups excluding carboxylic acids is 1. The molecule has 1 fully saturated rings. The number of benzene rings is 2. The molecule has 0 amide bonds. The third-order valence-electron chi connectivity index (χ3n) is 7.12. The standard InChI is InChI=1S/C30H41N3O6.C2H6/c1-35-27-21-25-22-28(29(27)36-2)37-19-6-11-26(39-31-23-24-9-4-3-5-10-24)12-16-33-14-7-13-32(17-18-33)15-8-20-38-30(25)34;1-2/h3-5,9-10,21-23,26H,6-8,11-20H2,1-2H3;1-2H3/b31-23+;. The van der Waals surface area contributed by atoms with Crippen molar-refractivity contribution in [1.82, 2.24) is 9.80 Å². The summed E-state index contributed by atoms with van der Waals surface area (Å²) in [6, 6.07) is 13.3. The number of nitrogens with zero attached hydrogens (tertiary/aromatic N) is 3. The molecule has 4 bridgehead atoms. The maximum Gasteiger partial charge on any atom is 0.338 e. The number of carbonyl (C=O) groups is 1. The van der Waals surface area contributed by atoms with E-state index in [1.807, 2.05) is 44.2 Å². The van der Waals surface area contributed by atoms with Crippen LogP contribution in [-0.2, 0) is 9.57 Å². The van der Waals surface area contributed by atoms with E-state index < -0.39 is 5.97 Å². The highest BCUT2D eigenvalue weighted by Crippen LogP contribution is 2.38. The van der Waals surface area contributed by atoms with Gasteiger partial charge in [0.15, 0.2) is 11.5 Å². The Labute approximate surface area is 245 Å². The van der Waals surface area contributed by atoms with Gasteiger partial charge in [0.25, 0.3) is 0 Å². The molecule has 9 nitrogen and oxygen atoms in total. The molecule has 0 spiro atoms. The van der Waals surface area contributed by atoms with Crippen molar-refractivity contribution in [1.29, 1.82) is 0 Å². The minimum Gasteiger partial charge on any atom is -0.493 e. The first-order chi connectivity index (χ1) is 20.2. The minimum absolute atomic E-state index is 0.0345. The first kappa shape index (κ1) is 32.2. The Bertz CT molecular complexity index is 1060. The molecule has 1 saturated heterocycles. The minimum atomic E-state index is -0.398. The van der Waals surface area contributed by atoms with E-state index in [4.69, 9.17) is 23.8 Å². The summed E-state index contributed by atoms with van der Waals surface area (Å²) in [5.74, 6) is 0.935. The highest BCUT2D eigenvalue weighted by atomic mass is 16.6. The Kier molecular flexibility index (Phi) is 14.3. The summed E-state index contributed by atoms with van der Waals surface area (Å²) in [6.45, 7) is 10.8. The van der Waals surface area contributed by atoms with Crippen LogP contribution in [0.25, 0.3) is 0 Å². The molecule has 0 aromatic heterocycles. The van der Waals surface area contributed by atoms with Crippen molar-refractivity contribution in [2.45, 2.75) is 52.1 Å². The van der Waals surface area contributed by atoms with Gasteiger partial charge in [0.05, 0.1) is 39.2 Å². The number of hydrogen-bond acceptors (Lipinski definition) is 9. The predicted molar refractivity (Wildman–Crippen MR) is 162 cm³/mol. The van der Waals surface area contributed by atoms with Crippen LogP contribution in [0.3, 0.4) is 0 Å². The zero-order chi connectivity index (χ0) is 29.3. The molecule has 0 N–H and O–H groups in total. The number of hydrogen-bond donors (Lipinski definition) is 0. The quantitative estimate of drug-likeness (QED) is 0.274. The highest BCUT2D eigenvalue weighted by Gasteiger charge is 2.21. The highest BCUT2D eigenvalue weighted by molar-refractivity contribution is 5.91. The lowest BCUT2D eigenvalue weighted by atomic mass is 10.1. The molecule has 0 aliphatic carbocycles. The van der Waals surface area contributed by atoms with Crippen molar-refractivity contribution >= 4 is 12.2 Å². The van der Waals surface area contributed by atoms with Gasteiger partial charge in [-0.1, -0.05) is 49.3 Å². The van der Waals surface area contributed by atoms with E-state index in [-0.39, 0.29) is 6.10 Å². The van der Waals surface area contributed by atoms with Crippen LogP contribution in [0.15, 0.2) is 47.6 Å². The summed E-state index contributed by atoms with van der Waals surface area (Å²) in [6.07, 6.45) is 6.06. The lowest BCUT2D eigenvalue weighted by Crippen LogP contribution is -2.33. The molecular formula is C32H47N3O6. The third kappa shape index (κ3) is 10.6. The normalized spacial score (nSPS) is 22.4. The van der Waals surface area contributed by atoms with Crippen molar-refractivity contribution in [2.24, 2.45) is 5.16 Å². The molecule has 2 aliphatic heterocycles. The molecule has 3 atom stereocenters. The maximum atomic E-state index is 12.8. The zero-order valence-electron chi connectivity index (χ0n) is 25.2. The van der Waals surface area contributed by atoms with Crippen LogP contribution in [0, 0.1) is 0 Å². The van der Waals surface area contributed by atoms with E-state index in [9.17, 15) is 4.79 Å². The van der Waals surface area contributed by atoms with Gasteiger partial charge in [-0.2, -0.15) is 0 Å². The number of oxime groups is 1. The topological polar surface area (TPSA) is 82.1 Å². The fourth-order valence-electron chi connectivity index (χ4n) is 4.95. The second kappa shape index (κ2) is 18.2. The summed E-state index contributed by atoms with van der Waals surface area (Å²) < 4.78 is 22.7. The fourth-order valence-corrected chi connectivity index (χ4v) is 4.95. The van der Waals surface area contributed by atoms with E-state index in [1.165, 1.54) is 7.11 Å². The molecular weight excluding hydrogens is 522 g/mol. The molecule has 41 heavy (non-hydrogen) atoms. The number of rotatable bonds is 5. The average Bonchev–Trinajstić information content (AvgIpc) is 3.25. The molecule has 2 aliphatic rings. The molecule has 2 aromatic rings. The molecule has 2 aromatic carbocycles. The van der Waals surface area contributed by atoms with Crippen LogP contribution in [-0.4, -0.2) is 94.8 Å². The van der Waals surface area contributed by atoms with Gasteiger partial charge < -0.3 is 33.6 Å². The van der Waals surface area contributed by atoms with E-state index >= 15 is 0 Å². The number of ether oxygens (including phenoxy) is 4. The SMILES string of the molecule is CC.COc1cc2cc(c1OC)OCCCC(O/N=C/c1ccccc1)CCN1CCCN(CCCOC2=O)CC1. The van der Waals surface area contributed by atoms with Gasteiger partial charge in [0, 0.05) is 26.2 Å². The Morgan fingerprint density at radius 2 is 1.54 bits per heavy atom. The largest absolute Gasteiger partial charge is 0.493 e. The maximum absolute atomic E-state index is 12.8. The Morgan fingerprint density at radius 3 is 2.27 bits per heavy atom. The Hall–Kier alpha value is -3.30. The van der Waals surface area contributed by atoms with Crippen molar-refractivity contribution in [3.05, 3.63) is 53.6 Å². The molecule has 226 valence electrons. The van der Waals surface area contributed by atoms with E-state index in [2.05, 4.69) is 15.0 Å². The summed E-state index contributed by atoms with van der Waals surface area (Å²) >= 11 is 0. The van der Waals surface area contributed by atoms with Crippen LogP contribution in [0.4, 0.5) is 0 Å². The molecule has 3 unspecified atom stereocenters. The predicted octanol–water partition coefficient (Wildman–Crippen LogP) is 5.27. The summed E-state index contributed by atoms with van der Waals surface area (Å²) in [7, 11) is 3.10. The van der Waals surface area contributed by atoms with E-state index in [0.29, 0.717) is 36.0 Å². The van der Waals surface area contributed by atoms with Gasteiger partial charge in [-0.3, -0.25) is 0 Å². The van der Waals surface area contributed by atoms with Gasteiger partial charge in [0.1, 0.15) is 6.10 Å². The van der Waals surface area contributed by atoms with Crippen LogP contribution < -0.4 is 14.2 Å². The number of cyclic esters (lactones) is 1. The second-order valence-corrected chi connectivity index (χ2v) is 9.89. The number of fused-ring (bicyclic) bond motifs is 5. The van der Waals surface area contributed by atoms with Crippen molar-refractivity contribution in [2.75, 3.05) is 66.7 Å². The van der Waals surface area contributed by atoms with Gasteiger partial charge in [0.2, 0.25) is 5.75 Å². The van der Waals surface area contributed by atoms with Gasteiger partial charge in [-0.15, -0.1) is 0 Å².